The normalized spacial score (nSPS) is 17.9. The third-order valence-electron chi connectivity index (χ3n) is 6.85. The van der Waals surface area contributed by atoms with Crippen LogP contribution in [0.15, 0.2) is 66.9 Å². The number of halogens is 1. The Kier molecular flexibility index (Phi) is 7.08. The smallest absolute Gasteiger partial charge is 0.254 e. The molecular weight excluding hydrogens is 491 g/mol. The molecule has 1 amide bonds. The van der Waals surface area contributed by atoms with E-state index in [9.17, 15) is 17.6 Å². The first kappa shape index (κ1) is 25.1. The first-order chi connectivity index (χ1) is 17.8. The second kappa shape index (κ2) is 10.4. The van der Waals surface area contributed by atoms with Gasteiger partial charge in [0.25, 0.3) is 5.91 Å². The summed E-state index contributed by atoms with van der Waals surface area (Å²) in [4.78, 5) is 21.3. The highest BCUT2D eigenvalue weighted by molar-refractivity contribution is 7.93. The van der Waals surface area contributed by atoms with E-state index in [-0.39, 0.29) is 23.6 Å². The fraction of sp³-hybridized carbons (Fsp3) is 0.286. The van der Waals surface area contributed by atoms with E-state index in [0.29, 0.717) is 18.8 Å². The van der Waals surface area contributed by atoms with E-state index in [1.807, 2.05) is 6.08 Å². The number of nitrogens with one attached hydrogen (secondary N) is 1. The molecule has 0 spiro atoms. The molecule has 5 rings (SSSR count). The Morgan fingerprint density at radius 2 is 1.84 bits per heavy atom. The third-order valence-corrected chi connectivity index (χ3v) is 8.52. The Morgan fingerprint density at radius 1 is 1.08 bits per heavy atom. The van der Waals surface area contributed by atoms with Gasteiger partial charge in [0.05, 0.1) is 11.4 Å². The van der Waals surface area contributed by atoms with E-state index in [1.165, 1.54) is 23.3 Å². The highest BCUT2D eigenvalue weighted by Gasteiger charge is 2.32. The predicted octanol–water partition coefficient (Wildman–Crippen LogP) is 4.39. The minimum absolute atomic E-state index is 0.188. The molecule has 2 aromatic carbocycles. The number of nitrogens with zero attached hydrogens (tertiary/aromatic N) is 3. The molecule has 1 aliphatic heterocycles. The maximum atomic E-state index is 15.0. The fourth-order valence-corrected chi connectivity index (χ4v) is 6.21. The van der Waals surface area contributed by atoms with Crippen molar-refractivity contribution in [1.29, 1.82) is 0 Å². The minimum Gasteiger partial charge on any atom is -0.336 e. The maximum absolute atomic E-state index is 15.0. The Balaban J connectivity index is 1.22. The number of piperazine rings is 1. The monoisotopic (exact) mass is 520 g/mol. The second-order valence-electron chi connectivity index (χ2n) is 9.50. The maximum Gasteiger partial charge on any atom is 0.254 e. The Morgan fingerprint density at radius 3 is 2.57 bits per heavy atom. The van der Waals surface area contributed by atoms with Gasteiger partial charge in [0, 0.05) is 44.5 Å². The molecule has 1 aliphatic carbocycles. The summed E-state index contributed by atoms with van der Waals surface area (Å²) in [6, 6.07) is 15.8. The lowest BCUT2D eigenvalue weighted by molar-refractivity contribution is 0.0628. The average molecular weight is 521 g/mol. The van der Waals surface area contributed by atoms with Crippen LogP contribution in [0.5, 0.6) is 0 Å². The standard InChI is InChI=1S/C28H29FN4O3S/c1-20-7-9-21(10-8-20)19-32-14-16-33(17-15-32)28(34)23-11-12-25(24(29)18-23)31-37(35,36)26-6-2-4-22-5-3-13-30-27(22)26/h2-5,7-13,18,26,31H,6,14-17,19H2,1H3. The van der Waals surface area contributed by atoms with Gasteiger partial charge < -0.3 is 4.90 Å². The second-order valence-corrected chi connectivity index (χ2v) is 11.4. The zero-order valence-electron chi connectivity index (χ0n) is 20.6. The molecule has 0 saturated carbocycles. The number of carbonyl (C=O) groups is 1. The SMILES string of the molecule is Cc1ccc(CN2CCN(C(=O)c3ccc(NS(=O)(=O)C4CC=Cc5cccnc54)c(F)c3)CC2)cc1. The summed E-state index contributed by atoms with van der Waals surface area (Å²) < 4.78 is 43.5. The molecule has 2 aliphatic rings. The van der Waals surface area contributed by atoms with Crippen LogP contribution >= 0.6 is 0 Å². The summed E-state index contributed by atoms with van der Waals surface area (Å²) in [7, 11) is -3.96. The van der Waals surface area contributed by atoms with Crippen molar-refractivity contribution < 1.29 is 17.6 Å². The zero-order chi connectivity index (χ0) is 26.0. The van der Waals surface area contributed by atoms with Crippen LogP contribution in [-0.4, -0.2) is 55.3 Å². The van der Waals surface area contributed by atoms with Crippen LogP contribution < -0.4 is 4.72 Å². The van der Waals surface area contributed by atoms with Crippen LogP contribution in [0, 0.1) is 12.7 Å². The van der Waals surface area contributed by atoms with Crippen LogP contribution in [-0.2, 0) is 16.6 Å². The summed E-state index contributed by atoms with van der Waals surface area (Å²) in [5.74, 6) is -1.06. The molecule has 37 heavy (non-hydrogen) atoms. The quantitative estimate of drug-likeness (QED) is 0.522. The van der Waals surface area contributed by atoms with Crippen LogP contribution in [0.3, 0.4) is 0 Å². The molecule has 0 bridgehead atoms. The largest absolute Gasteiger partial charge is 0.336 e. The van der Waals surface area contributed by atoms with Crippen molar-refractivity contribution in [2.75, 3.05) is 30.9 Å². The molecule has 1 unspecified atom stereocenters. The van der Waals surface area contributed by atoms with Gasteiger partial charge in [-0.15, -0.1) is 0 Å². The molecule has 9 heteroatoms. The molecule has 1 saturated heterocycles. The van der Waals surface area contributed by atoms with Crippen LogP contribution in [0.25, 0.3) is 6.08 Å². The lowest BCUT2D eigenvalue weighted by Gasteiger charge is -2.34. The predicted molar refractivity (Wildman–Crippen MR) is 142 cm³/mol. The Labute approximate surface area is 216 Å². The molecule has 2 heterocycles. The number of anilines is 1. The molecule has 192 valence electrons. The van der Waals surface area contributed by atoms with E-state index in [4.69, 9.17) is 0 Å². The van der Waals surface area contributed by atoms with Gasteiger partial charge in [-0.2, -0.15) is 0 Å². The Hall–Kier alpha value is -3.56. The van der Waals surface area contributed by atoms with Crippen molar-refractivity contribution in [3.63, 3.8) is 0 Å². The minimum atomic E-state index is -3.96. The van der Waals surface area contributed by atoms with Gasteiger partial charge in [0.1, 0.15) is 11.1 Å². The number of aryl methyl sites for hydroxylation is 1. The molecule has 1 N–H and O–H groups in total. The van der Waals surface area contributed by atoms with Crippen molar-refractivity contribution >= 4 is 27.7 Å². The average Bonchev–Trinajstić information content (AvgIpc) is 2.91. The summed E-state index contributed by atoms with van der Waals surface area (Å²) in [6.45, 7) is 5.42. The van der Waals surface area contributed by atoms with Crippen molar-refractivity contribution in [3.8, 4) is 0 Å². The topological polar surface area (TPSA) is 82.6 Å². The van der Waals surface area contributed by atoms with Gasteiger partial charge in [0.2, 0.25) is 10.0 Å². The van der Waals surface area contributed by atoms with E-state index in [1.54, 1.807) is 29.3 Å². The van der Waals surface area contributed by atoms with Gasteiger partial charge in [-0.3, -0.25) is 19.4 Å². The number of fused-ring (bicyclic) bond motifs is 1. The number of benzene rings is 2. The number of hydrogen-bond donors (Lipinski definition) is 1. The molecule has 3 aromatic rings. The molecule has 1 aromatic heterocycles. The van der Waals surface area contributed by atoms with Crippen LogP contribution in [0.4, 0.5) is 10.1 Å². The first-order valence-corrected chi connectivity index (χ1v) is 13.8. The van der Waals surface area contributed by atoms with Gasteiger partial charge in [-0.1, -0.05) is 48.0 Å². The van der Waals surface area contributed by atoms with E-state index in [2.05, 4.69) is 45.8 Å². The summed E-state index contributed by atoms with van der Waals surface area (Å²) in [5.41, 5.74) is 3.62. The van der Waals surface area contributed by atoms with Crippen molar-refractivity contribution in [3.05, 3.63) is 101 Å². The highest BCUT2D eigenvalue weighted by atomic mass is 32.2. The molecule has 1 atom stereocenters. The fourth-order valence-electron chi connectivity index (χ4n) is 4.74. The number of allylic oxidation sites excluding steroid dienone is 1. The number of rotatable bonds is 6. The zero-order valence-corrected chi connectivity index (χ0v) is 21.4. The highest BCUT2D eigenvalue weighted by Crippen LogP contribution is 2.33. The van der Waals surface area contributed by atoms with Gasteiger partial charge in [-0.25, -0.2) is 12.8 Å². The summed E-state index contributed by atoms with van der Waals surface area (Å²) in [5, 5.41) is -0.925. The van der Waals surface area contributed by atoms with Crippen molar-refractivity contribution in [2.24, 2.45) is 0 Å². The number of aromatic nitrogens is 1. The van der Waals surface area contributed by atoms with E-state index >= 15 is 0 Å². The molecular formula is C28H29FN4O3S. The van der Waals surface area contributed by atoms with Gasteiger partial charge in [0.15, 0.2) is 0 Å². The lowest BCUT2D eigenvalue weighted by atomic mass is 10.0. The van der Waals surface area contributed by atoms with E-state index in [0.717, 1.165) is 31.3 Å². The number of sulfonamides is 1. The van der Waals surface area contributed by atoms with Crippen molar-refractivity contribution in [2.45, 2.75) is 25.1 Å². The number of hydrogen-bond acceptors (Lipinski definition) is 5. The lowest BCUT2D eigenvalue weighted by Crippen LogP contribution is -2.48. The van der Waals surface area contributed by atoms with Gasteiger partial charge in [-0.05, 0) is 48.7 Å². The van der Waals surface area contributed by atoms with E-state index < -0.39 is 21.1 Å². The third kappa shape index (κ3) is 5.57. The van der Waals surface area contributed by atoms with Crippen LogP contribution in [0.1, 0.15) is 44.4 Å². The van der Waals surface area contributed by atoms with Gasteiger partial charge >= 0.3 is 0 Å². The number of carbonyl (C=O) groups excluding carboxylic acids is 1. The Bertz CT molecular complexity index is 1430. The number of pyridine rings is 1. The number of amides is 1. The molecule has 0 radical (unpaired) electrons. The first-order valence-electron chi connectivity index (χ1n) is 12.3. The molecule has 1 fully saturated rings. The molecule has 7 nitrogen and oxygen atoms in total. The van der Waals surface area contributed by atoms with Crippen LogP contribution in [0.2, 0.25) is 0 Å². The summed E-state index contributed by atoms with van der Waals surface area (Å²) >= 11 is 0. The van der Waals surface area contributed by atoms with Crippen molar-refractivity contribution in [1.82, 2.24) is 14.8 Å². The summed E-state index contributed by atoms with van der Waals surface area (Å²) in [6.07, 6.45) is 5.39.